The van der Waals surface area contributed by atoms with Gasteiger partial charge in [-0.2, -0.15) is 0 Å². The average molecular weight is 246 g/mol. The third-order valence-corrected chi connectivity index (χ3v) is 2.19. The van der Waals surface area contributed by atoms with E-state index in [1.165, 1.54) is 5.56 Å². The number of aliphatic hydroxyl groups is 1. The largest absolute Gasteiger partial charge is 0.497 e. The third-order valence-electron chi connectivity index (χ3n) is 2.19. The molecule has 0 amide bonds. The number of methoxy groups -OCH3 is 1. The van der Waals surface area contributed by atoms with E-state index in [0.717, 1.165) is 18.7 Å². The van der Waals surface area contributed by atoms with Gasteiger partial charge in [-0.1, -0.05) is 12.1 Å². The molecule has 0 bridgehead atoms. The van der Waals surface area contributed by atoms with Gasteiger partial charge in [0.1, 0.15) is 5.75 Å². The first-order valence-electron chi connectivity index (χ1n) is 5.24. The van der Waals surface area contributed by atoms with Crippen LogP contribution < -0.4 is 10.1 Å². The van der Waals surface area contributed by atoms with Gasteiger partial charge in [0.15, 0.2) is 0 Å². The summed E-state index contributed by atoms with van der Waals surface area (Å²) in [4.78, 5) is 0. The fourth-order valence-corrected chi connectivity index (χ4v) is 1.34. The molecule has 0 aromatic heterocycles. The molecule has 1 rings (SSSR count). The first-order chi connectivity index (χ1) is 7.22. The van der Waals surface area contributed by atoms with E-state index < -0.39 is 0 Å². The molecule has 0 heterocycles. The Morgan fingerprint density at radius 3 is 2.44 bits per heavy atom. The number of hydrogen-bond donors (Lipinski definition) is 2. The van der Waals surface area contributed by atoms with Crippen LogP contribution in [0.2, 0.25) is 0 Å². The van der Waals surface area contributed by atoms with Gasteiger partial charge in [0.05, 0.1) is 13.2 Å². The first-order valence-corrected chi connectivity index (χ1v) is 5.24. The van der Waals surface area contributed by atoms with Crippen LogP contribution in [0.15, 0.2) is 24.3 Å². The zero-order valence-corrected chi connectivity index (χ0v) is 10.6. The average Bonchev–Trinajstić information content (AvgIpc) is 2.25. The Bertz CT molecular complexity index is 275. The molecule has 1 aromatic rings. The van der Waals surface area contributed by atoms with Crippen LogP contribution in [0.1, 0.15) is 12.5 Å². The van der Waals surface area contributed by atoms with Crippen LogP contribution in [0.3, 0.4) is 0 Å². The minimum atomic E-state index is -0.277. The molecular weight excluding hydrogens is 226 g/mol. The molecule has 0 aliphatic heterocycles. The van der Waals surface area contributed by atoms with Crippen molar-refractivity contribution in [3.63, 3.8) is 0 Å². The van der Waals surface area contributed by atoms with Crippen LogP contribution in [-0.2, 0) is 6.42 Å². The molecule has 1 aromatic carbocycles. The lowest BCUT2D eigenvalue weighted by atomic mass is 10.1. The summed E-state index contributed by atoms with van der Waals surface area (Å²) in [6.07, 6.45) is 0.692. The SMILES string of the molecule is COc1ccc(CCNCC(C)O)cc1.Cl. The van der Waals surface area contributed by atoms with Gasteiger partial charge in [-0.25, -0.2) is 0 Å². The Labute approximate surface area is 103 Å². The normalized spacial score (nSPS) is 11.7. The van der Waals surface area contributed by atoms with Crippen molar-refractivity contribution in [2.45, 2.75) is 19.4 Å². The summed E-state index contributed by atoms with van der Waals surface area (Å²) >= 11 is 0. The fraction of sp³-hybridized carbons (Fsp3) is 0.500. The number of hydrogen-bond acceptors (Lipinski definition) is 3. The number of benzene rings is 1. The summed E-state index contributed by atoms with van der Waals surface area (Å²) in [6, 6.07) is 8.04. The Balaban J connectivity index is 0.00000225. The van der Waals surface area contributed by atoms with E-state index in [9.17, 15) is 0 Å². The molecule has 0 saturated carbocycles. The molecule has 1 unspecified atom stereocenters. The second-order valence-corrected chi connectivity index (χ2v) is 3.65. The maximum absolute atomic E-state index is 9.04. The fourth-order valence-electron chi connectivity index (χ4n) is 1.34. The van der Waals surface area contributed by atoms with Gasteiger partial charge in [0.2, 0.25) is 0 Å². The summed E-state index contributed by atoms with van der Waals surface area (Å²) in [5, 5.41) is 12.2. The van der Waals surface area contributed by atoms with Crippen molar-refractivity contribution in [2.24, 2.45) is 0 Å². The Hall–Kier alpha value is -0.770. The van der Waals surface area contributed by atoms with Crippen LogP contribution in [0.25, 0.3) is 0 Å². The van der Waals surface area contributed by atoms with E-state index >= 15 is 0 Å². The lowest BCUT2D eigenvalue weighted by Crippen LogP contribution is -2.26. The number of ether oxygens (including phenoxy) is 1. The van der Waals surface area contributed by atoms with Crippen LogP contribution >= 0.6 is 12.4 Å². The van der Waals surface area contributed by atoms with Gasteiger partial charge < -0.3 is 15.2 Å². The van der Waals surface area contributed by atoms with Crippen LogP contribution in [-0.4, -0.2) is 31.4 Å². The Kier molecular flexibility index (Phi) is 7.99. The van der Waals surface area contributed by atoms with Gasteiger partial charge in [0, 0.05) is 6.54 Å². The molecule has 92 valence electrons. The van der Waals surface area contributed by atoms with E-state index in [1.54, 1.807) is 14.0 Å². The molecule has 0 saturated heterocycles. The van der Waals surface area contributed by atoms with E-state index in [4.69, 9.17) is 9.84 Å². The molecule has 16 heavy (non-hydrogen) atoms. The van der Waals surface area contributed by atoms with Crippen LogP contribution in [0, 0.1) is 0 Å². The van der Waals surface area contributed by atoms with Crippen molar-refractivity contribution in [1.29, 1.82) is 0 Å². The minimum absolute atomic E-state index is 0. The number of nitrogens with one attached hydrogen (secondary N) is 1. The lowest BCUT2D eigenvalue weighted by Gasteiger charge is -2.07. The summed E-state index contributed by atoms with van der Waals surface area (Å²) in [5.41, 5.74) is 1.27. The van der Waals surface area contributed by atoms with Gasteiger partial charge >= 0.3 is 0 Å². The molecular formula is C12H20ClNO2. The van der Waals surface area contributed by atoms with Crippen molar-refractivity contribution in [1.82, 2.24) is 5.32 Å². The molecule has 3 nitrogen and oxygen atoms in total. The second-order valence-electron chi connectivity index (χ2n) is 3.65. The second kappa shape index (κ2) is 8.39. The lowest BCUT2D eigenvalue weighted by molar-refractivity contribution is 0.191. The Morgan fingerprint density at radius 2 is 1.94 bits per heavy atom. The quantitative estimate of drug-likeness (QED) is 0.749. The van der Waals surface area contributed by atoms with Gasteiger partial charge in [-0.15, -0.1) is 12.4 Å². The summed E-state index contributed by atoms with van der Waals surface area (Å²) in [5.74, 6) is 0.885. The zero-order chi connectivity index (χ0) is 11.1. The van der Waals surface area contributed by atoms with Crippen molar-refractivity contribution in [3.8, 4) is 5.75 Å². The maximum Gasteiger partial charge on any atom is 0.118 e. The highest BCUT2D eigenvalue weighted by molar-refractivity contribution is 5.85. The Morgan fingerprint density at radius 1 is 1.31 bits per heavy atom. The predicted octanol–water partition coefficient (Wildman–Crippen LogP) is 1.63. The monoisotopic (exact) mass is 245 g/mol. The maximum atomic E-state index is 9.04. The molecule has 0 fully saturated rings. The van der Waals surface area contributed by atoms with E-state index in [2.05, 4.69) is 17.4 Å². The highest BCUT2D eigenvalue weighted by atomic mass is 35.5. The van der Waals surface area contributed by atoms with Crippen molar-refractivity contribution in [3.05, 3.63) is 29.8 Å². The summed E-state index contributed by atoms with van der Waals surface area (Å²) < 4.78 is 5.08. The highest BCUT2D eigenvalue weighted by Crippen LogP contribution is 2.11. The third kappa shape index (κ3) is 5.95. The molecule has 0 aliphatic carbocycles. The highest BCUT2D eigenvalue weighted by Gasteiger charge is 1.96. The first kappa shape index (κ1) is 15.2. The molecule has 4 heteroatoms. The standard InChI is InChI=1S/C12H19NO2.ClH/c1-10(14)9-13-8-7-11-3-5-12(15-2)6-4-11;/h3-6,10,13-14H,7-9H2,1-2H3;1H. The molecule has 0 radical (unpaired) electrons. The molecule has 0 aliphatic rings. The summed E-state index contributed by atoms with van der Waals surface area (Å²) in [6.45, 7) is 3.31. The predicted molar refractivity (Wildman–Crippen MR) is 68.5 cm³/mol. The topological polar surface area (TPSA) is 41.5 Å². The number of aliphatic hydroxyl groups excluding tert-OH is 1. The smallest absolute Gasteiger partial charge is 0.118 e. The van der Waals surface area contributed by atoms with E-state index in [1.807, 2.05) is 12.1 Å². The van der Waals surface area contributed by atoms with Crippen LogP contribution in [0.5, 0.6) is 5.75 Å². The number of halogens is 1. The zero-order valence-electron chi connectivity index (χ0n) is 9.77. The van der Waals surface area contributed by atoms with Crippen LogP contribution in [0.4, 0.5) is 0 Å². The van der Waals surface area contributed by atoms with Crippen molar-refractivity contribution >= 4 is 12.4 Å². The van der Waals surface area contributed by atoms with E-state index in [-0.39, 0.29) is 18.5 Å². The van der Waals surface area contributed by atoms with Crippen molar-refractivity contribution in [2.75, 3.05) is 20.2 Å². The van der Waals surface area contributed by atoms with Crippen molar-refractivity contribution < 1.29 is 9.84 Å². The summed E-state index contributed by atoms with van der Waals surface area (Å²) in [7, 11) is 1.67. The molecule has 2 N–H and O–H groups in total. The number of rotatable bonds is 6. The van der Waals surface area contributed by atoms with Gasteiger partial charge in [-0.3, -0.25) is 0 Å². The van der Waals surface area contributed by atoms with Gasteiger partial charge in [-0.05, 0) is 37.6 Å². The van der Waals surface area contributed by atoms with E-state index in [0.29, 0.717) is 6.54 Å². The molecule has 1 atom stereocenters. The van der Waals surface area contributed by atoms with Gasteiger partial charge in [0.25, 0.3) is 0 Å². The molecule has 0 spiro atoms. The minimum Gasteiger partial charge on any atom is -0.497 e.